The van der Waals surface area contributed by atoms with Gasteiger partial charge in [-0.2, -0.15) is 0 Å². The first-order valence-electron chi connectivity index (χ1n) is 7.47. The van der Waals surface area contributed by atoms with Crippen molar-refractivity contribution in [1.82, 2.24) is 4.90 Å². The molecule has 0 aliphatic rings. The molecule has 0 radical (unpaired) electrons. The van der Waals surface area contributed by atoms with Crippen molar-refractivity contribution in [1.29, 1.82) is 0 Å². The summed E-state index contributed by atoms with van der Waals surface area (Å²) in [5.74, 6) is 0.895. The van der Waals surface area contributed by atoms with Crippen LogP contribution in [0, 0.1) is 6.92 Å². The summed E-state index contributed by atoms with van der Waals surface area (Å²) in [6, 6.07) is 10.6. The summed E-state index contributed by atoms with van der Waals surface area (Å²) in [5.41, 5.74) is 1.30. The van der Waals surface area contributed by atoms with Crippen LogP contribution >= 0.6 is 0 Å². The topological polar surface area (TPSA) is 62.9 Å². The van der Waals surface area contributed by atoms with E-state index in [1.165, 1.54) is 12.0 Å². The highest BCUT2D eigenvalue weighted by Crippen LogP contribution is 2.37. The summed E-state index contributed by atoms with van der Waals surface area (Å²) in [5, 5.41) is 9.81. The van der Waals surface area contributed by atoms with E-state index >= 15 is 0 Å². The van der Waals surface area contributed by atoms with E-state index in [0.717, 1.165) is 11.1 Å². The van der Waals surface area contributed by atoms with Gasteiger partial charge >= 0.3 is 6.09 Å². The quantitative estimate of drug-likeness (QED) is 0.904. The Balaban J connectivity index is 2.64. The Morgan fingerprint density at radius 3 is 2.35 bits per heavy atom. The molecule has 1 amide bonds. The Labute approximate surface area is 136 Å². The molecule has 1 atom stereocenters. The minimum Gasteiger partial charge on any atom is -0.468 e. The number of benzene rings is 1. The molecule has 0 spiro atoms. The zero-order valence-electron chi connectivity index (χ0n) is 14.2. The van der Waals surface area contributed by atoms with Crippen LogP contribution < -0.4 is 4.74 Å². The first-order valence-corrected chi connectivity index (χ1v) is 7.47. The molecule has 1 heterocycles. The normalized spacial score (nSPS) is 12.7. The maximum absolute atomic E-state index is 12.0. The fourth-order valence-electron chi connectivity index (χ4n) is 2.69. The third-order valence-corrected chi connectivity index (χ3v) is 3.74. The van der Waals surface area contributed by atoms with Crippen LogP contribution in [-0.2, 0) is 0 Å². The lowest BCUT2D eigenvalue weighted by molar-refractivity contribution is 0.0732. The molecule has 5 nitrogen and oxygen atoms in total. The Hall–Kier alpha value is -2.43. The highest BCUT2D eigenvalue weighted by molar-refractivity contribution is 5.68. The summed E-state index contributed by atoms with van der Waals surface area (Å²) < 4.78 is 10.8. The molecule has 0 bridgehead atoms. The van der Waals surface area contributed by atoms with Crippen LogP contribution in [0.3, 0.4) is 0 Å². The highest BCUT2D eigenvalue weighted by Gasteiger charge is 2.37. The number of rotatable bonds is 4. The average Bonchev–Trinajstić information content (AvgIpc) is 2.92. The van der Waals surface area contributed by atoms with Crippen molar-refractivity contribution in [2.24, 2.45) is 0 Å². The average molecular weight is 317 g/mol. The number of furan rings is 1. The van der Waals surface area contributed by atoms with Gasteiger partial charge in [-0.25, -0.2) is 4.79 Å². The molecule has 0 aliphatic heterocycles. The molecule has 23 heavy (non-hydrogen) atoms. The van der Waals surface area contributed by atoms with Gasteiger partial charge in [0.05, 0.1) is 7.11 Å². The van der Waals surface area contributed by atoms with Crippen molar-refractivity contribution in [2.75, 3.05) is 7.11 Å². The van der Waals surface area contributed by atoms with Gasteiger partial charge < -0.3 is 14.3 Å². The summed E-state index contributed by atoms with van der Waals surface area (Å²) in [7, 11) is 1.52. The van der Waals surface area contributed by atoms with E-state index in [1.807, 2.05) is 52.0 Å². The van der Waals surface area contributed by atoms with Gasteiger partial charge in [0.25, 0.3) is 5.95 Å². The number of aryl methyl sites for hydroxylation is 1. The molecular weight excluding hydrogens is 294 g/mol. The van der Waals surface area contributed by atoms with Gasteiger partial charge in [-0.05, 0) is 44.9 Å². The second-order valence-electron chi connectivity index (χ2n) is 6.44. The SMILES string of the molecule is COc1ccc(C(c2ccccc2C)N(C(=O)O)C(C)(C)C)o1. The summed E-state index contributed by atoms with van der Waals surface area (Å²) in [6.07, 6.45) is -0.999. The zero-order valence-corrected chi connectivity index (χ0v) is 14.2. The Morgan fingerprint density at radius 2 is 1.87 bits per heavy atom. The monoisotopic (exact) mass is 317 g/mol. The summed E-state index contributed by atoms with van der Waals surface area (Å²) in [4.78, 5) is 13.4. The van der Waals surface area contributed by atoms with Crippen molar-refractivity contribution in [3.63, 3.8) is 0 Å². The fraction of sp³-hybridized carbons (Fsp3) is 0.389. The Bertz CT molecular complexity index is 684. The minimum atomic E-state index is -0.999. The number of nitrogens with zero attached hydrogens (tertiary/aromatic N) is 1. The van der Waals surface area contributed by atoms with Crippen LogP contribution in [0.25, 0.3) is 0 Å². The molecular formula is C18H23NO4. The number of methoxy groups -OCH3 is 1. The molecule has 2 rings (SSSR count). The summed E-state index contributed by atoms with van der Waals surface area (Å²) in [6.45, 7) is 7.57. The smallest absolute Gasteiger partial charge is 0.408 e. The molecule has 124 valence electrons. The third kappa shape index (κ3) is 3.50. The van der Waals surface area contributed by atoms with Gasteiger partial charge in [0.1, 0.15) is 11.8 Å². The minimum absolute atomic E-state index is 0.359. The molecule has 1 N–H and O–H groups in total. The molecule has 0 aliphatic carbocycles. The van der Waals surface area contributed by atoms with Gasteiger partial charge in [0, 0.05) is 11.6 Å². The molecule has 5 heteroatoms. The molecule has 0 fully saturated rings. The highest BCUT2D eigenvalue weighted by atomic mass is 16.6. The summed E-state index contributed by atoms with van der Waals surface area (Å²) >= 11 is 0. The lowest BCUT2D eigenvalue weighted by Crippen LogP contribution is -2.47. The molecule has 1 unspecified atom stereocenters. The molecule has 0 saturated heterocycles. The van der Waals surface area contributed by atoms with Crippen LogP contribution in [0.1, 0.15) is 43.7 Å². The molecule has 0 saturated carbocycles. The number of carbonyl (C=O) groups is 1. The number of amides is 1. The van der Waals surface area contributed by atoms with Crippen molar-refractivity contribution in [3.05, 3.63) is 53.3 Å². The van der Waals surface area contributed by atoms with Crippen LogP contribution in [0.15, 0.2) is 40.8 Å². The van der Waals surface area contributed by atoms with Gasteiger partial charge in [-0.3, -0.25) is 4.90 Å². The van der Waals surface area contributed by atoms with Gasteiger partial charge in [0.15, 0.2) is 0 Å². The second kappa shape index (κ2) is 6.36. The number of hydrogen-bond acceptors (Lipinski definition) is 3. The lowest BCUT2D eigenvalue weighted by Gasteiger charge is -2.39. The fourth-order valence-corrected chi connectivity index (χ4v) is 2.69. The Kier molecular flexibility index (Phi) is 4.68. The molecule has 1 aromatic carbocycles. The van der Waals surface area contributed by atoms with Crippen LogP contribution in [0.5, 0.6) is 5.95 Å². The van der Waals surface area contributed by atoms with E-state index in [1.54, 1.807) is 12.1 Å². The van der Waals surface area contributed by atoms with E-state index in [2.05, 4.69) is 0 Å². The van der Waals surface area contributed by atoms with E-state index in [-0.39, 0.29) is 0 Å². The molecule has 2 aromatic rings. The first kappa shape index (κ1) is 16.9. The zero-order chi connectivity index (χ0) is 17.2. The van der Waals surface area contributed by atoms with E-state index in [4.69, 9.17) is 9.15 Å². The van der Waals surface area contributed by atoms with E-state index < -0.39 is 17.7 Å². The second-order valence-corrected chi connectivity index (χ2v) is 6.44. The molecule has 1 aromatic heterocycles. The van der Waals surface area contributed by atoms with Crippen molar-refractivity contribution < 1.29 is 19.1 Å². The number of carboxylic acid groups (broad SMARTS) is 1. The lowest BCUT2D eigenvalue weighted by atomic mass is 9.94. The van der Waals surface area contributed by atoms with Gasteiger partial charge in [-0.15, -0.1) is 0 Å². The van der Waals surface area contributed by atoms with Crippen molar-refractivity contribution in [2.45, 2.75) is 39.3 Å². The van der Waals surface area contributed by atoms with Gasteiger partial charge in [0.2, 0.25) is 0 Å². The van der Waals surface area contributed by atoms with E-state index in [9.17, 15) is 9.90 Å². The van der Waals surface area contributed by atoms with Crippen molar-refractivity contribution >= 4 is 6.09 Å². The largest absolute Gasteiger partial charge is 0.468 e. The van der Waals surface area contributed by atoms with Gasteiger partial charge in [-0.1, -0.05) is 24.3 Å². The maximum Gasteiger partial charge on any atom is 0.408 e. The standard InChI is InChI=1S/C18H23NO4/c1-12-8-6-7-9-13(12)16(14-10-11-15(22-5)23-14)19(17(20)21)18(2,3)4/h6-11,16H,1-5H3,(H,20,21). The van der Waals surface area contributed by atoms with Crippen LogP contribution in [-0.4, -0.2) is 28.7 Å². The number of ether oxygens (including phenoxy) is 1. The van der Waals surface area contributed by atoms with Crippen molar-refractivity contribution in [3.8, 4) is 5.95 Å². The predicted molar refractivity (Wildman–Crippen MR) is 87.9 cm³/mol. The van der Waals surface area contributed by atoms with E-state index in [0.29, 0.717) is 11.7 Å². The number of hydrogen-bond donors (Lipinski definition) is 1. The Morgan fingerprint density at radius 1 is 1.22 bits per heavy atom. The predicted octanol–water partition coefficient (Wildman–Crippen LogP) is 4.46. The van der Waals surface area contributed by atoms with Crippen LogP contribution in [0.2, 0.25) is 0 Å². The third-order valence-electron chi connectivity index (χ3n) is 3.74. The maximum atomic E-state index is 12.0. The van der Waals surface area contributed by atoms with Crippen LogP contribution in [0.4, 0.5) is 4.79 Å². The first-order chi connectivity index (χ1) is 10.8.